The van der Waals surface area contributed by atoms with Gasteiger partial charge in [0, 0.05) is 24.5 Å². The maximum Gasteiger partial charge on any atom is 0.471 e. The molecule has 2 rings (SSSR count). The summed E-state index contributed by atoms with van der Waals surface area (Å²) in [5, 5.41) is 0. The topological polar surface area (TPSA) is 76.6 Å². The lowest BCUT2D eigenvalue weighted by atomic mass is 10.0. The number of ether oxygens (including phenoxy) is 1. The molecule has 9 heteroatoms. The first-order valence-electron chi connectivity index (χ1n) is 7.19. The van der Waals surface area contributed by atoms with Gasteiger partial charge in [-0.1, -0.05) is 12.1 Å². The third-order valence-electron chi connectivity index (χ3n) is 3.47. The SMILES string of the molecule is COC(=O)c1cccnc1C(=O)c1cccc(N(C)C(=O)C(F)(F)F)c1. The van der Waals surface area contributed by atoms with Gasteiger partial charge in [0.25, 0.3) is 0 Å². The molecule has 0 aliphatic heterocycles. The predicted octanol–water partition coefficient (Wildman–Crippen LogP) is 2.62. The number of hydrogen-bond donors (Lipinski definition) is 0. The van der Waals surface area contributed by atoms with Gasteiger partial charge in [-0.05, 0) is 24.3 Å². The van der Waals surface area contributed by atoms with Crippen LogP contribution in [0, 0.1) is 0 Å². The van der Waals surface area contributed by atoms with Gasteiger partial charge in [-0.2, -0.15) is 13.2 Å². The second-order valence-electron chi connectivity index (χ2n) is 5.13. The number of nitrogens with zero attached hydrogens (tertiary/aromatic N) is 2. The fraction of sp³-hybridized carbons (Fsp3) is 0.176. The zero-order valence-corrected chi connectivity index (χ0v) is 13.7. The highest BCUT2D eigenvalue weighted by molar-refractivity contribution is 6.13. The number of hydrogen-bond acceptors (Lipinski definition) is 5. The molecule has 2 aromatic rings. The van der Waals surface area contributed by atoms with Crippen LogP contribution >= 0.6 is 0 Å². The Morgan fingerprint density at radius 1 is 1.12 bits per heavy atom. The Morgan fingerprint density at radius 3 is 2.42 bits per heavy atom. The van der Waals surface area contributed by atoms with Gasteiger partial charge in [0.05, 0.1) is 12.7 Å². The Bertz CT molecular complexity index is 865. The number of aromatic nitrogens is 1. The van der Waals surface area contributed by atoms with E-state index in [2.05, 4.69) is 9.72 Å². The number of esters is 1. The van der Waals surface area contributed by atoms with E-state index in [-0.39, 0.29) is 22.5 Å². The minimum Gasteiger partial charge on any atom is -0.465 e. The summed E-state index contributed by atoms with van der Waals surface area (Å²) in [6, 6.07) is 7.81. The van der Waals surface area contributed by atoms with Crippen molar-refractivity contribution in [2.75, 3.05) is 19.1 Å². The molecule has 0 spiro atoms. The minimum absolute atomic E-state index is 0.0341. The van der Waals surface area contributed by atoms with E-state index in [1.807, 2.05) is 0 Å². The first-order valence-corrected chi connectivity index (χ1v) is 7.19. The molecule has 0 radical (unpaired) electrons. The molecule has 0 N–H and O–H groups in total. The van der Waals surface area contributed by atoms with Crippen molar-refractivity contribution in [3.63, 3.8) is 0 Å². The van der Waals surface area contributed by atoms with Crippen LogP contribution in [-0.4, -0.2) is 43.0 Å². The van der Waals surface area contributed by atoms with Gasteiger partial charge in [-0.3, -0.25) is 14.6 Å². The van der Waals surface area contributed by atoms with Crippen LogP contribution in [0.2, 0.25) is 0 Å². The number of alkyl halides is 3. The minimum atomic E-state index is -5.05. The van der Waals surface area contributed by atoms with Crippen molar-refractivity contribution in [2.45, 2.75) is 6.18 Å². The molecule has 0 bridgehead atoms. The monoisotopic (exact) mass is 366 g/mol. The molecule has 0 saturated heterocycles. The van der Waals surface area contributed by atoms with Crippen LogP contribution in [0.5, 0.6) is 0 Å². The van der Waals surface area contributed by atoms with Gasteiger partial charge in [0.15, 0.2) is 0 Å². The summed E-state index contributed by atoms with van der Waals surface area (Å²) >= 11 is 0. The van der Waals surface area contributed by atoms with Gasteiger partial charge < -0.3 is 9.64 Å². The third-order valence-corrected chi connectivity index (χ3v) is 3.47. The number of benzene rings is 1. The van der Waals surface area contributed by atoms with E-state index in [0.717, 1.165) is 20.2 Å². The zero-order chi connectivity index (χ0) is 19.5. The lowest BCUT2D eigenvalue weighted by molar-refractivity contribution is -0.170. The smallest absolute Gasteiger partial charge is 0.465 e. The Hall–Kier alpha value is -3.23. The Balaban J connectivity index is 2.41. The molecule has 6 nitrogen and oxygen atoms in total. The summed E-state index contributed by atoms with van der Waals surface area (Å²) < 4.78 is 42.3. The van der Waals surface area contributed by atoms with Crippen molar-refractivity contribution in [3.05, 3.63) is 59.4 Å². The van der Waals surface area contributed by atoms with E-state index in [1.165, 1.54) is 36.5 Å². The van der Waals surface area contributed by atoms with Crippen molar-refractivity contribution in [3.8, 4) is 0 Å². The van der Waals surface area contributed by atoms with Crippen LogP contribution in [0.1, 0.15) is 26.4 Å². The van der Waals surface area contributed by atoms with Gasteiger partial charge in [-0.25, -0.2) is 4.79 Å². The fourth-order valence-electron chi connectivity index (χ4n) is 2.16. The van der Waals surface area contributed by atoms with E-state index in [1.54, 1.807) is 0 Å². The molecule has 0 unspecified atom stereocenters. The average Bonchev–Trinajstić information content (AvgIpc) is 2.64. The molecular formula is C17H13F3N2O4. The van der Waals surface area contributed by atoms with Gasteiger partial charge >= 0.3 is 18.1 Å². The highest BCUT2D eigenvalue weighted by Gasteiger charge is 2.41. The molecule has 0 aliphatic carbocycles. The summed E-state index contributed by atoms with van der Waals surface area (Å²) in [7, 11) is 2.09. The van der Waals surface area contributed by atoms with Gasteiger partial charge in [0.1, 0.15) is 5.69 Å². The average molecular weight is 366 g/mol. The normalized spacial score (nSPS) is 11.0. The zero-order valence-electron chi connectivity index (χ0n) is 13.7. The Morgan fingerprint density at radius 2 is 1.81 bits per heavy atom. The highest BCUT2D eigenvalue weighted by Crippen LogP contribution is 2.24. The van der Waals surface area contributed by atoms with Crippen LogP contribution in [0.15, 0.2) is 42.6 Å². The summed E-state index contributed by atoms with van der Waals surface area (Å²) in [5.74, 6) is -3.54. The molecule has 1 aromatic carbocycles. The number of anilines is 1. The highest BCUT2D eigenvalue weighted by atomic mass is 19.4. The van der Waals surface area contributed by atoms with Crippen molar-refractivity contribution in [2.24, 2.45) is 0 Å². The number of rotatable bonds is 4. The van der Waals surface area contributed by atoms with Gasteiger partial charge in [0.2, 0.25) is 5.78 Å². The van der Waals surface area contributed by atoms with Gasteiger partial charge in [-0.15, -0.1) is 0 Å². The molecule has 0 aliphatic rings. The Kier molecular flexibility index (Phi) is 5.39. The van der Waals surface area contributed by atoms with E-state index in [4.69, 9.17) is 0 Å². The first kappa shape index (κ1) is 19.1. The first-order chi connectivity index (χ1) is 12.2. The maximum absolute atomic E-state index is 12.6. The van der Waals surface area contributed by atoms with E-state index in [0.29, 0.717) is 4.90 Å². The fourth-order valence-corrected chi connectivity index (χ4v) is 2.16. The van der Waals surface area contributed by atoms with Crippen molar-refractivity contribution < 1.29 is 32.3 Å². The summed E-state index contributed by atoms with van der Waals surface area (Å²) in [4.78, 5) is 40.0. The molecule has 26 heavy (non-hydrogen) atoms. The number of carbonyl (C=O) groups is 3. The van der Waals surface area contributed by atoms with Crippen LogP contribution in [0.25, 0.3) is 0 Å². The lowest BCUT2D eigenvalue weighted by Gasteiger charge is -2.19. The number of methoxy groups -OCH3 is 1. The summed E-state index contributed by atoms with van der Waals surface area (Å²) in [6.45, 7) is 0. The largest absolute Gasteiger partial charge is 0.471 e. The standard InChI is InChI=1S/C17H13F3N2O4/c1-22(16(25)17(18,19)20)11-6-3-5-10(9-11)14(23)13-12(15(24)26-2)7-4-8-21-13/h3-9H,1-2H3. The third kappa shape index (κ3) is 3.88. The number of halogens is 3. The number of ketones is 1. The van der Waals surface area contributed by atoms with Crippen LogP contribution < -0.4 is 4.90 Å². The van der Waals surface area contributed by atoms with Crippen LogP contribution in [-0.2, 0) is 9.53 Å². The second-order valence-corrected chi connectivity index (χ2v) is 5.13. The maximum atomic E-state index is 12.6. The summed E-state index contributed by atoms with van der Waals surface area (Å²) in [5.41, 5.74) is -0.451. The Labute approximate surface area is 146 Å². The molecule has 1 heterocycles. The van der Waals surface area contributed by atoms with Crippen molar-refractivity contribution in [1.82, 2.24) is 4.98 Å². The lowest BCUT2D eigenvalue weighted by Crippen LogP contribution is -2.38. The van der Waals surface area contributed by atoms with Crippen LogP contribution in [0.4, 0.5) is 18.9 Å². The molecule has 136 valence electrons. The number of carbonyl (C=O) groups excluding carboxylic acids is 3. The second kappa shape index (κ2) is 7.34. The quantitative estimate of drug-likeness (QED) is 0.614. The van der Waals surface area contributed by atoms with Crippen LogP contribution in [0.3, 0.4) is 0 Å². The number of amides is 1. The van der Waals surface area contributed by atoms with E-state index < -0.39 is 23.8 Å². The van der Waals surface area contributed by atoms with Crippen molar-refractivity contribution in [1.29, 1.82) is 0 Å². The molecular weight excluding hydrogens is 353 g/mol. The molecule has 1 aromatic heterocycles. The van der Waals surface area contributed by atoms with E-state index >= 15 is 0 Å². The molecule has 0 saturated carbocycles. The van der Waals surface area contributed by atoms with E-state index in [9.17, 15) is 27.6 Å². The number of pyridine rings is 1. The molecule has 0 atom stereocenters. The molecule has 1 amide bonds. The van der Waals surface area contributed by atoms with Crippen molar-refractivity contribution >= 4 is 23.3 Å². The predicted molar refractivity (Wildman–Crippen MR) is 84.9 cm³/mol. The molecule has 0 fully saturated rings. The summed E-state index contributed by atoms with van der Waals surface area (Å²) in [6.07, 6.45) is -3.75.